The van der Waals surface area contributed by atoms with E-state index in [-0.39, 0.29) is 29.0 Å². The van der Waals surface area contributed by atoms with Crippen LogP contribution in [0.25, 0.3) is 0 Å². The van der Waals surface area contributed by atoms with Gasteiger partial charge in [0.1, 0.15) is 5.82 Å². The number of aromatic nitrogens is 2. The first-order chi connectivity index (χ1) is 11.9. The molecule has 2 aromatic rings. The van der Waals surface area contributed by atoms with Crippen LogP contribution in [0.4, 0.5) is 4.39 Å². The van der Waals surface area contributed by atoms with Gasteiger partial charge >= 0.3 is 0 Å². The normalized spacial score (nSPS) is 17.8. The summed E-state index contributed by atoms with van der Waals surface area (Å²) in [6, 6.07) is 4.15. The predicted octanol–water partition coefficient (Wildman–Crippen LogP) is 2.89. The lowest BCUT2D eigenvalue weighted by Crippen LogP contribution is -2.36. The second-order valence-corrected chi connectivity index (χ2v) is 6.38. The van der Waals surface area contributed by atoms with E-state index in [1.165, 1.54) is 12.1 Å². The van der Waals surface area contributed by atoms with E-state index in [2.05, 4.69) is 15.6 Å². The van der Waals surface area contributed by atoms with Crippen molar-refractivity contribution in [3.05, 3.63) is 52.1 Å². The number of amides is 1. The summed E-state index contributed by atoms with van der Waals surface area (Å²) in [7, 11) is 1.84. The van der Waals surface area contributed by atoms with Crippen LogP contribution in [0.3, 0.4) is 0 Å². The average Bonchev–Trinajstić information content (AvgIpc) is 3.16. The number of halogens is 2. The maximum atomic E-state index is 14.0. The van der Waals surface area contributed by atoms with Crippen LogP contribution >= 0.6 is 11.6 Å². The monoisotopic (exact) mass is 364 g/mol. The number of rotatable bonds is 4. The summed E-state index contributed by atoms with van der Waals surface area (Å²) in [6.45, 7) is 3.80. The molecule has 0 aliphatic carbocycles. The van der Waals surface area contributed by atoms with E-state index in [0.717, 1.165) is 11.3 Å². The molecule has 1 aromatic heterocycles. The molecular weight excluding hydrogens is 347 g/mol. The minimum atomic E-state index is -0.815. The zero-order valence-electron chi connectivity index (χ0n) is 14.1. The molecule has 3 rings (SSSR count). The highest BCUT2D eigenvalue weighted by Crippen LogP contribution is 2.26. The summed E-state index contributed by atoms with van der Waals surface area (Å²) in [4.78, 5) is 17.6. The van der Waals surface area contributed by atoms with Crippen LogP contribution < -0.4 is 5.32 Å². The van der Waals surface area contributed by atoms with E-state index in [1.807, 2.05) is 20.9 Å². The third-order valence-electron chi connectivity index (χ3n) is 4.31. The van der Waals surface area contributed by atoms with Gasteiger partial charge in [0, 0.05) is 24.7 Å². The van der Waals surface area contributed by atoms with E-state index >= 15 is 0 Å². The summed E-state index contributed by atoms with van der Waals surface area (Å²) < 4.78 is 15.7. The van der Waals surface area contributed by atoms with Crippen LogP contribution in [0.5, 0.6) is 0 Å². The van der Waals surface area contributed by atoms with Gasteiger partial charge in [-0.05, 0) is 26.0 Å². The van der Waals surface area contributed by atoms with Gasteiger partial charge in [0.05, 0.1) is 28.5 Å². The standard InChI is InChI=1S/C17H18ClFN4O2/c1-9(11-8-20-23(3)10(11)2)21-17(24)15-7-14(22-25-15)16-12(18)5-4-6-13(16)19/h4-6,8-9,15H,7H2,1-3H3,(H,21,24). The fourth-order valence-electron chi connectivity index (χ4n) is 2.76. The van der Waals surface area contributed by atoms with Gasteiger partial charge in [-0.1, -0.05) is 22.8 Å². The number of benzene rings is 1. The fourth-order valence-corrected chi connectivity index (χ4v) is 3.04. The molecule has 2 heterocycles. The summed E-state index contributed by atoms with van der Waals surface area (Å²) in [5.41, 5.74) is 2.39. The Morgan fingerprint density at radius 3 is 2.92 bits per heavy atom. The van der Waals surface area contributed by atoms with Crippen LogP contribution in [0.2, 0.25) is 5.02 Å². The molecular formula is C17H18ClFN4O2. The summed E-state index contributed by atoms with van der Waals surface area (Å²) >= 11 is 6.03. The van der Waals surface area contributed by atoms with Gasteiger partial charge in [-0.3, -0.25) is 9.48 Å². The van der Waals surface area contributed by atoms with Gasteiger partial charge in [0.2, 0.25) is 6.10 Å². The summed E-state index contributed by atoms with van der Waals surface area (Å²) in [5.74, 6) is -0.808. The van der Waals surface area contributed by atoms with Crippen LogP contribution in [-0.4, -0.2) is 27.5 Å². The zero-order chi connectivity index (χ0) is 18.1. The Labute approximate surface area is 149 Å². The molecule has 1 aromatic carbocycles. The van der Waals surface area contributed by atoms with Crippen molar-refractivity contribution in [2.75, 3.05) is 0 Å². The van der Waals surface area contributed by atoms with Gasteiger partial charge in [0.25, 0.3) is 5.91 Å². The Kier molecular flexibility index (Phi) is 4.76. The van der Waals surface area contributed by atoms with Gasteiger partial charge < -0.3 is 10.2 Å². The number of carbonyl (C=O) groups excluding carboxylic acids is 1. The molecule has 0 spiro atoms. The van der Waals surface area contributed by atoms with Crippen molar-refractivity contribution in [3.8, 4) is 0 Å². The first kappa shape index (κ1) is 17.4. The highest BCUT2D eigenvalue weighted by molar-refractivity contribution is 6.34. The number of aryl methyl sites for hydroxylation is 1. The molecule has 1 N–H and O–H groups in total. The Morgan fingerprint density at radius 1 is 1.52 bits per heavy atom. The van der Waals surface area contributed by atoms with Crippen molar-refractivity contribution in [2.24, 2.45) is 12.2 Å². The Bertz CT molecular complexity index is 829. The van der Waals surface area contributed by atoms with Crippen molar-refractivity contribution in [3.63, 3.8) is 0 Å². The largest absolute Gasteiger partial charge is 0.382 e. The molecule has 0 fully saturated rings. The molecule has 2 unspecified atom stereocenters. The molecule has 0 bridgehead atoms. The molecule has 1 amide bonds. The van der Waals surface area contributed by atoms with Crippen molar-refractivity contribution in [1.82, 2.24) is 15.1 Å². The molecule has 0 saturated carbocycles. The van der Waals surface area contributed by atoms with Gasteiger partial charge in [-0.15, -0.1) is 0 Å². The number of nitrogens with zero attached hydrogens (tertiary/aromatic N) is 3. The lowest BCUT2D eigenvalue weighted by Gasteiger charge is -2.16. The Hall–Kier alpha value is -2.41. The number of hydrogen-bond donors (Lipinski definition) is 1. The lowest BCUT2D eigenvalue weighted by atomic mass is 10.0. The third kappa shape index (κ3) is 3.37. The lowest BCUT2D eigenvalue weighted by molar-refractivity contribution is -0.131. The van der Waals surface area contributed by atoms with Gasteiger partial charge in [0.15, 0.2) is 0 Å². The van der Waals surface area contributed by atoms with E-state index in [1.54, 1.807) is 16.9 Å². The minimum Gasteiger partial charge on any atom is -0.382 e. The smallest absolute Gasteiger partial charge is 0.264 e. The molecule has 1 aliphatic heterocycles. The first-order valence-corrected chi connectivity index (χ1v) is 8.22. The van der Waals surface area contributed by atoms with Gasteiger partial charge in [-0.25, -0.2) is 4.39 Å². The molecule has 1 aliphatic rings. The number of nitrogens with one attached hydrogen (secondary N) is 1. The quantitative estimate of drug-likeness (QED) is 0.907. The molecule has 0 radical (unpaired) electrons. The summed E-state index contributed by atoms with van der Waals surface area (Å²) in [5, 5.41) is 11.1. The SMILES string of the molecule is Cc1c(C(C)NC(=O)C2CC(c3c(F)cccc3Cl)=NO2)cnn1C. The van der Waals surface area contributed by atoms with E-state index in [9.17, 15) is 9.18 Å². The molecule has 0 saturated heterocycles. The molecule has 6 nitrogen and oxygen atoms in total. The fraction of sp³-hybridized carbons (Fsp3) is 0.353. The van der Waals surface area contributed by atoms with Gasteiger partial charge in [-0.2, -0.15) is 5.10 Å². The number of hydrogen-bond acceptors (Lipinski definition) is 4. The zero-order valence-corrected chi connectivity index (χ0v) is 14.8. The number of oxime groups is 1. The Morgan fingerprint density at radius 2 is 2.28 bits per heavy atom. The molecule has 2 atom stereocenters. The van der Waals surface area contributed by atoms with Crippen LogP contribution in [0.1, 0.15) is 36.2 Å². The second kappa shape index (κ2) is 6.84. The van der Waals surface area contributed by atoms with Crippen LogP contribution in [0, 0.1) is 12.7 Å². The second-order valence-electron chi connectivity index (χ2n) is 5.97. The van der Waals surface area contributed by atoms with E-state index in [4.69, 9.17) is 16.4 Å². The Balaban J connectivity index is 1.67. The van der Waals surface area contributed by atoms with Crippen LogP contribution in [-0.2, 0) is 16.7 Å². The predicted molar refractivity (Wildman–Crippen MR) is 91.9 cm³/mol. The topological polar surface area (TPSA) is 68.5 Å². The van der Waals surface area contributed by atoms with E-state index < -0.39 is 11.9 Å². The minimum absolute atomic E-state index is 0.158. The summed E-state index contributed by atoms with van der Waals surface area (Å²) in [6.07, 6.45) is 1.06. The van der Waals surface area contributed by atoms with Crippen LogP contribution in [0.15, 0.2) is 29.6 Å². The molecule has 8 heteroatoms. The van der Waals surface area contributed by atoms with Crippen molar-refractivity contribution >= 4 is 23.2 Å². The van der Waals surface area contributed by atoms with Crippen molar-refractivity contribution in [2.45, 2.75) is 32.4 Å². The third-order valence-corrected chi connectivity index (χ3v) is 4.63. The maximum Gasteiger partial charge on any atom is 0.264 e. The highest BCUT2D eigenvalue weighted by atomic mass is 35.5. The molecule has 25 heavy (non-hydrogen) atoms. The van der Waals surface area contributed by atoms with Crippen molar-refractivity contribution < 1.29 is 14.0 Å². The molecule has 132 valence electrons. The highest BCUT2D eigenvalue weighted by Gasteiger charge is 2.32. The van der Waals surface area contributed by atoms with Crippen molar-refractivity contribution in [1.29, 1.82) is 0 Å². The number of carbonyl (C=O) groups is 1. The maximum absolute atomic E-state index is 14.0. The average molecular weight is 365 g/mol. The van der Waals surface area contributed by atoms with E-state index in [0.29, 0.717) is 5.71 Å². The first-order valence-electron chi connectivity index (χ1n) is 7.84.